The maximum Gasteiger partial charge on any atom is 0.254 e. The van der Waals surface area contributed by atoms with E-state index in [-0.39, 0.29) is 11.9 Å². The molecule has 110 valence electrons. The molecule has 1 atom stereocenters. The molecule has 1 aromatic heterocycles. The second-order valence-corrected chi connectivity index (χ2v) is 6.73. The summed E-state index contributed by atoms with van der Waals surface area (Å²) in [5.41, 5.74) is 1.45. The third-order valence-corrected chi connectivity index (χ3v) is 5.23. The third-order valence-electron chi connectivity index (χ3n) is 3.65. The van der Waals surface area contributed by atoms with E-state index in [0.29, 0.717) is 10.6 Å². The number of hydrogen-bond acceptors (Lipinski definition) is 3. The van der Waals surface area contributed by atoms with Gasteiger partial charge in [0.05, 0.1) is 16.8 Å². The lowest BCUT2D eigenvalue weighted by Gasteiger charge is -2.22. The van der Waals surface area contributed by atoms with Gasteiger partial charge in [-0.3, -0.25) is 4.79 Å². The molecule has 0 aliphatic carbocycles. The average molecular weight is 417 g/mol. The van der Waals surface area contributed by atoms with Crippen LogP contribution in [0.3, 0.4) is 0 Å². The summed E-state index contributed by atoms with van der Waals surface area (Å²) in [7, 11) is 0. The molecule has 21 heavy (non-hydrogen) atoms. The smallest absolute Gasteiger partial charge is 0.254 e. The highest BCUT2D eigenvalue weighted by Gasteiger charge is 2.33. The van der Waals surface area contributed by atoms with Crippen LogP contribution in [0.1, 0.15) is 40.7 Å². The Hall–Kier alpha value is -1.08. The maximum atomic E-state index is 12.7. The van der Waals surface area contributed by atoms with Crippen molar-refractivity contribution in [3.63, 3.8) is 0 Å². The van der Waals surface area contributed by atoms with Crippen molar-refractivity contribution in [2.45, 2.75) is 25.8 Å². The molecule has 0 saturated carbocycles. The Bertz CT molecular complexity index is 686. The van der Waals surface area contributed by atoms with Gasteiger partial charge in [-0.1, -0.05) is 16.8 Å². The quantitative estimate of drug-likeness (QED) is 0.689. The molecule has 0 N–H and O–H groups in total. The lowest BCUT2D eigenvalue weighted by Crippen LogP contribution is -2.30. The Labute approximate surface area is 141 Å². The van der Waals surface area contributed by atoms with Crippen LogP contribution in [0.25, 0.3) is 0 Å². The molecule has 4 nitrogen and oxygen atoms in total. The number of amides is 1. The minimum absolute atomic E-state index is 0.00940. The van der Waals surface area contributed by atoms with Gasteiger partial charge in [0.2, 0.25) is 0 Å². The molecule has 3 rings (SSSR count). The van der Waals surface area contributed by atoms with Gasteiger partial charge >= 0.3 is 0 Å². The number of carbonyl (C=O) groups is 1. The highest BCUT2D eigenvalue weighted by Crippen LogP contribution is 2.34. The molecular weight excluding hydrogens is 403 g/mol. The highest BCUT2D eigenvalue weighted by molar-refractivity contribution is 14.1. The first-order chi connectivity index (χ1) is 10.1. The highest BCUT2D eigenvalue weighted by atomic mass is 127. The number of likely N-dealkylation sites (tertiary alicyclic amines) is 1. The average Bonchev–Trinajstić information content (AvgIpc) is 3.09. The van der Waals surface area contributed by atoms with Crippen molar-refractivity contribution >= 4 is 40.1 Å². The zero-order valence-corrected chi connectivity index (χ0v) is 14.4. The third kappa shape index (κ3) is 2.94. The van der Waals surface area contributed by atoms with Crippen molar-refractivity contribution in [2.75, 3.05) is 6.54 Å². The van der Waals surface area contributed by atoms with E-state index >= 15 is 0 Å². The standard InChI is InChI=1S/C15H14ClIN2O2/c1-9-7-14(21-18-9)13-3-2-6-19(13)15(20)10-4-5-12(17)11(16)8-10/h4-5,7-8,13H,2-3,6H2,1H3. The number of benzene rings is 1. The molecule has 1 amide bonds. The van der Waals surface area contributed by atoms with Gasteiger partial charge in [0, 0.05) is 21.7 Å². The Morgan fingerprint density at radius 1 is 1.48 bits per heavy atom. The Kier molecular flexibility index (Phi) is 4.21. The number of aryl methyl sites for hydroxylation is 1. The first-order valence-electron chi connectivity index (χ1n) is 6.75. The van der Waals surface area contributed by atoms with E-state index in [0.717, 1.165) is 34.4 Å². The minimum atomic E-state index is -0.0308. The van der Waals surface area contributed by atoms with E-state index in [9.17, 15) is 4.79 Å². The molecule has 1 fully saturated rings. The molecule has 1 aliphatic heterocycles. The fourth-order valence-corrected chi connectivity index (χ4v) is 3.16. The van der Waals surface area contributed by atoms with Crippen molar-refractivity contribution < 1.29 is 9.32 Å². The molecule has 2 heterocycles. The number of aromatic nitrogens is 1. The molecule has 1 aromatic carbocycles. The molecule has 0 spiro atoms. The van der Waals surface area contributed by atoms with Crippen LogP contribution in [0, 0.1) is 10.5 Å². The SMILES string of the molecule is Cc1cc(C2CCCN2C(=O)c2ccc(I)c(Cl)c2)on1. The van der Waals surface area contributed by atoms with E-state index in [1.165, 1.54) is 0 Å². The van der Waals surface area contributed by atoms with Gasteiger partial charge in [-0.15, -0.1) is 0 Å². The summed E-state index contributed by atoms with van der Waals surface area (Å²) in [5, 5.41) is 4.52. The van der Waals surface area contributed by atoms with Gasteiger partial charge in [-0.2, -0.15) is 0 Å². The summed E-state index contributed by atoms with van der Waals surface area (Å²) in [6, 6.07) is 7.28. The van der Waals surface area contributed by atoms with Crippen molar-refractivity contribution in [1.29, 1.82) is 0 Å². The zero-order valence-electron chi connectivity index (χ0n) is 11.5. The first kappa shape index (κ1) is 14.8. The normalized spacial score (nSPS) is 18.2. The van der Waals surface area contributed by atoms with Gasteiger partial charge < -0.3 is 9.42 Å². The molecular formula is C15H14ClIN2O2. The maximum absolute atomic E-state index is 12.7. The summed E-state index contributed by atoms with van der Waals surface area (Å²) in [6.07, 6.45) is 1.87. The Balaban J connectivity index is 1.87. The summed E-state index contributed by atoms with van der Waals surface area (Å²) < 4.78 is 6.28. The Morgan fingerprint density at radius 2 is 2.29 bits per heavy atom. The van der Waals surface area contributed by atoms with Crippen molar-refractivity contribution in [2.24, 2.45) is 0 Å². The van der Waals surface area contributed by atoms with Crippen LogP contribution in [0.2, 0.25) is 5.02 Å². The fraction of sp³-hybridized carbons (Fsp3) is 0.333. The van der Waals surface area contributed by atoms with E-state index < -0.39 is 0 Å². The van der Waals surface area contributed by atoms with E-state index in [1.807, 2.05) is 30.0 Å². The minimum Gasteiger partial charge on any atom is -0.359 e. The predicted octanol–water partition coefficient (Wildman–Crippen LogP) is 4.22. The molecule has 0 bridgehead atoms. The van der Waals surface area contributed by atoms with Crippen molar-refractivity contribution in [3.05, 3.63) is 49.9 Å². The molecule has 2 aromatic rings. The molecule has 1 saturated heterocycles. The van der Waals surface area contributed by atoms with Crippen LogP contribution in [-0.2, 0) is 0 Å². The zero-order chi connectivity index (χ0) is 15.0. The number of rotatable bonds is 2. The lowest BCUT2D eigenvalue weighted by atomic mass is 10.1. The molecule has 1 unspecified atom stereocenters. The molecule has 1 aliphatic rings. The van der Waals surface area contributed by atoms with Gasteiger partial charge in [0.1, 0.15) is 0 Å². The fourth-order valence-electron chi connectivity index (χ4n) is 2.64. The van der Waals surface area contributed by atoms with Crippen molar-refractivity contribution in [1.82, 2.24) is 10.1 Å². The second-order valence-electron chi connectivity index (χ2n) is 5.16. The van der Waals surface area contributed by atoms with Gasteiger partial charge in [-0.25, -0.2) is 0 Å². The largest absolute Gasteiger partial charge is 0.359 e. The summed E-state index contributed by atoms with van der Waals surface area (Å²) in [4.78, 5) is 14.5. The number of nitrogens with zero attached hydrogens (tertiary/aromatic N) is 2. The van der Waals surface area contributed by atoms with Crippen LogP contribution < -0.4 is 0 Å². The molecule has 0 radical (unpaired) electrons. The topological polar surface area (TPSA) is 46.3 Å². The summed E-state index contributed by atoms with van der Waals surface area (Å²) in [5.74, 6) is 0.750. The summed E-state index contributed by atoms with van der Waals surface area (Å²) in [6.45, 7) is 2.61. The predicted molar refractivity (Wildman–Crippen MR) is 88.4 cm³/mol. The number of carbonyl (C=O) groups excluding carboxylic acids is 1. The van der Waals surface area contributed by atoms with Gasteiger partial charge in [0.15, 0.2) is 5.76 Å². The van der Waals surface area contributed by atoms with Crippen LogP contribution >= 0.6 is 34.2 Å². The van der Waals surface area contributed by atoms with Crippen molar-refractivity contribution in [3.8, 4) is 0 Å². The lowest BCUT2D eigenvalue weighted by molar-refractivity contribution is 0.0714. The Morgan fingerprint density at radius 3 is 2.95 bits per heavy atom. The summed E-state index contributed by atoms with van der Waals surface area (Å²) >= 11 is 8.26. The number of halogens is 2. The van der Waals surface area contributed by atoms with Gasteiger partial charge in [-0.05, 0) is 60.6 Å². The van der Waals surface area contributed by atoms with Crippen LogP contribution in [0.5, 0.6) is 0 Å². The van der Waals surface area contributed by atoms with E-state index in [2.05, 4.69) is 27.7 Å². The second kappa shape index (κ2) is 5.96. The monoisotopic (exact) mass is 416 g/mol. The van der Waals surface area contributed by atoms with E-state index in [1.54, 1.807) is 6.07 Å². The molecule has 6 heteroatoms. The van der Waals surface area contributed by atoms with Gasteiger partial charge in [0.25, 0.3) is 5.91 Å². The van der Waals surface area contributed by atoms with Crippen LogP contribution in [-0.4, -0.2) is 22.5 Å². The van der Waals surface area contributed by atoms with Crippen LogP contribution in [0.15, 0.2) is 28.8 Å². The first-order valence-corrected chi connectivity index (χ1v) is 8.21. The van der Waals surface area contributed by atoms with E-state index in [4.69, 9.17) is 16.1 Å². The van der Waals surface area contributed by atoms with Crippen LogP contribution in [0.4, 0.5) is 0 Å². The number of hydrogen-bond donors (Lipinski definition) is 0.